The van der Waals surface area contributed by atoms with E-state index in [4.69, 9.17) is 9.68 Å². The van der Waals surface area contributed by atoms with E-state index in [0.717, 1.165) is 11.1 Å². The highest BCUT2D eigenvalue weighted by Crippen LogP contribution is 2.24. The minimum Gasteiger partial charge on any atom is -0.455 e. The summed E-state index contributed by atoms with van der Waals surface area (Å²) in [6, 6.07) is 22.3. The molecular weight excluding hydrogens is 314 g/mol. The largest absolute Gasteiger partial charge is 0.455 e. The molecule has 0 aliphatic rings. The van der Waals surface area contributed by atoms with E-state index in [9.17, 15) is 4.79 Å². The lowest BCUT2D eigenvalue weighted by Crippen LogP contribution is -2.19. The second kappa shape index (κ2) is 7.75. The third kappa shape index (κ3) is 4.21. The Bertz CT molecular complexity index is 937. The van der Waals surface area contributed by atoms with Gasteiger partial charge in [0.25, 0.3) is 0 Å². The van der Waals surface area contributed by atoms with Gasteiger partial charge in [-0.05, 0) is 29.8 Å². The summed E-state index contributed by atoms with van der Waals surface area (Å²) in [5.41, 5.74) is 4.65. The number of hydrogen-bond acceptors (Lipinski definition) is 4. The van der Waals surface area contributed by atoms with Crippen LogP contribution in [0.1, 0.15) is 16.9 Å². The van der Waals surface area contributed by atoms with Crippen LogP contribution in [0.2, 0.25) is 0 Å². The molecule has 0 bridgehead atoms. The van der Waals surface area contributed by atoms with Crippen molar-refractivity contribution < 1.29 is 9.21 Å². The van der Waals surface area contributed by atoms with Gasteiger partial charge in [-0.15, -0.1) is 0 Å². The fraction of sp³-hybridized carbons (Fsp3) is 0.0500. The molecular formula is C20H15N3O2. The van der Waals surface area contributed by atoms with Crippen molar-refractivity contribution in [3.8, 4) is 17.4 Å². The van der Waals surface area contributed by atoms with E-state index in [0.29, 0.717) is 17.1 Å². The lowest BCUT2D eigenvalue weighted by Gasteiger charge is -2.00. The normalized spacial score (nSPS) is 10.5. The van der Waals surface area contributed by atoms with Crippen molar-refractivity contribution >= 4 is 12.1 Å². The van der Waals surface area contributed by atoms with Crippen molar-refractivity contribution in [3.05, 3.63) is 83.6 Å². The van der Waals surface area contributed by atoms with Crippen LogP contribution in [0.3, 0.4) is 0 Å². The monoisotopic (exact) mass is 329 g/mol. The van der Waals surface area contributed by atoms with Crippen LogP contribution in [0.15, 0.2) is 76.2 Å². The van der Waals surface area contributed by atoms with Gasteiger partial charge in [0.1, 0.15) is 11.5 Å². The summed E-state index contributed by atoms with van der Waals surface area (Å²) in [4.78, 5) is 11.8. The molecule has 0 atom stereocenters. The van der Waals surface area contributed by atoms with Gasteiger partial charge in [0.05, 0.1) is 24.3 Å². The van der Waals surface area contributed by atoms with Gasteiger partial charge in [-0.3, -0.25) is 4.79 Å². The summed E-state index contributed by atoms with van der Waals surface area (Å²) in [6.07, 6.45) is 1.69. The molecule has 0 saturated carbocycles. The number of carbonyl (C=O) groups excluding carboxylic acids is 1. The molecule has 0 saturated heterocycles. The molecule has 0 spiro atoms. The molecule has 0 aliphatic carbocycles. The Morgan fingerprint density at radius 2 is 1.84 bits per heavy atom. The van der Waals surface area contributed by atoms with Crippen molar-refractivity contribution in [2.75, 3.05) is 0 Å². The highest BCUT2D eigenvalue weighted by molar-refractivity contribution is 5.82. The predicted molar refractivity (Wildman–Crippen MR) is 94.7 cm³/mol. The van der Waals surface area contributed by atoms with E-state index < -0.39 is 0 Å². The molecule has 5 nitrogen and oxygen atoms in total. The van der Waals surface area contributed by atoms with E-state index in [-0.39, 0.29) is 12.3 Å². The molecule has 0 aliphatic heterocycles. The average Bonchev–Trinajstić information content (AvgIpc) is 3.11. The Hall–Kier alpha value is -3.65. The quantitative estimate of drug-likeness (QED) is 0.574. The Kier molecular flexibility index (Phi) is 5.03. The zero-order chi connectivity index (χ0) is 17.5. The first-order valence-corrected chi connectivity index (χ1v) is 7.71. The maximum absolute atomic E-state index is 11.8. The van der Waals surface area contributed by atoms with Gasteiger partial charge < -0.3 is 4.42 Å². The van der Waals surface area contributed by atoms with Gasteiger partial charge in [0.15, 0.2) is 0 Å². The standard InChI is InChI=1S/C20H15N3O2/c21-13-16-8-4-5-9-18(16)19-11-10-17(25-19)14-22-23-20(24)12-15-6-2-1-3-7-15/h1-11,14H,12H2,(H,23,24)/b22-14-. The first-order valence-electron chi connectivity index (χ1n) is 7.71. The number of amides is 1. The molecule has 0 radical (unpaired) electrons. The number of nitrogens with zero attached hydrogens (tertiary/aromatic N) is 2. The zero-order valence-corrected chi connectivity index (χ0v) is 13.3. The van der Waals surface area contributed by atoms with Crippen molar-refractivity contribution in [2.45, 2.75) is 6.42 Å². The topological polar surface area (TPSA) is 78.4 Å². The summed E-state index contributed by atoms with van der Waals surface area (Å²) in [5, 5.41) is 13.0. The third-order valence-electron chi connectivity index (χ3n) is 3.53. The second-order valence-electron chi connectivity index (χ2n) is 5.31. The van der Waals surface area contributed by atoms with Crippen LogP contribution in [-0.4, -0.2) is 12.1 Å². The number of hydrazone groups is 1. The minimum atomic E-state index is -0.205. The molecule has 3 aromatic rings. The maximum atomic E-state index is 11.8. The lowest BCUT2D eigenvalue weighted by molar-refractivity contribution is -0.120. The fourth-order valence-corrected chi connectivity index (χ4v) is 2.35. The smallest absolute Gasteiger partial charge is 0.244 e. The Labute approximate surface area is 145 Å². The summed E-state index contributed by atoms with van der Waals surface area (Å²) in [7, 11) is 0. The number of rotatable bonds is 5. The number of nitriles is 1. The third-order valence-corrected chi connectivity index (χ3v) is 3.53. The van der Waals surface area contributed by atoms with Crippen LogP contribution in [-0.2, 0) is 11.2 Å². The van der Waals surface area contributed by atoms with Crippen LogP contribution in [0.5, 0.6) is 0 Å². The number of hydrogen-bond donors (Lipinski definition) is 1. The number of benzene rings is 2. The van der Waals surface area contributed by atoms with Crippen LogP contribution >= 0.6 is 0 Å². The molecule has 3 rings (SSSR count). The van der Waals surface area contributed by atoms with Crippen molar-refractivity contribution in [1.82, 2.24) is 5.43 Å². The van der Waals surface area contributed by atoms with Crippen LogP contribution in [0.25, 0.3) is 11.3 Å². The number of nitrogens with one attached hydrogen (secondary N) is 1. The van der Waals surface area contributed by atoms with Gasteiger partial charge in [-0.2, -0.15) is 10.4 Å². The summed E-state index contributed by atoms with van der Waals surface area (Å²) >= 11 is 0. The van der Waals surface area contributed by atoms with E-state index in [1.165, 1.54) is 6.21 Å². The maximum Gasteiger partial charge on any atom is 0.244 e. The fourth-order valence-electron chi connectivity index (χ4n) is 2.35. The van der Waals surface area contributed by atoms with Gasteiger partial charge in [0.2, 0.25) is 5.91 Å². The van der Waals surface area contributed by atoms with Crippen LogP contribution in [0, 0.1) is 11.3 Å². The highest BCUT2D eigenvalue weighted by atomic mass is 16.3. The highest BCUT2D eigenvalue weighted by Gasteiger charge is 2.08. The van der Waals surface area contributed by atoms with Crippen molar-refractivity contribution in [3.63, 3.8) is 0 Å². The zero-order valence-electron chi connectivity index (χ0n) is 13.3. The van der Waals surface area contributed by atoms with Crippen LogP contribution < -0.4 is 5.43 Å². The predicted octanol–water partition coefficient (Wildman–Crippen LogP) is 3.51. The van der Waals surface area contributed by atoms with Gasteiger partial charge >= 0.3 is 0 Å². The number of carbonyl (C=O) groups is 1. The van der Waals surface area contributed by atoms with E-state index in [1.807, 2.05) is 42.5 Å². The Balaban J connectivity index is 1.62. The molecule has 1 aromatic heterocycles. The summed E-state index contributed by atoms with van der Waals surface area (Å²) in [6.45, 7) is 0. The molecule has 122 valence electrons. The second-order valence-corrected chi connectivity index (χ2v) is 5.31. The molecule has 1 heterocycles. The van der Waals surface area contributed by atoms with Gasteiger partial charge in [-0.1, -0.05) is 42.5 Å². The van der Waals surface area contributed by atoms with Crippen molar-refractivity contribution in [1.29, 1.82) is 5.26 Å². The van der Waals surface area contributed by atoms with Crippen LogP contribution in [0.4, 0.5) is 0 Å². The molecule has 0 unspecified atom stereocenters. The molecule has 1 amide bonds. The van der Waals surface area contributed by atoms with Gasteiger partial charge in [0, 0.05) is 5.56 Å². The summed E-state index contributed by atoms with van der Waals surface area (Å²) in [5.74, 6) is 0.862. The van der Waals surface area contributed by atoms with E-state index in [2.05, 4.69) is 16.6 Å². The molecule has 5 heteroatoms. The first kappa shape index (κ1) is 16.2. The SMILES string of the molecule is N#Cc1ccccc1-c1ccc(/C=N\NC(=O)Cc2ccccc2)o1. The van der Waals surface area contributed by atoms with Gasteiger partial charge in [-0.25, -0.2) is 5.43 Å². The van der Waals surface area contributed by atoms with E-state index in [1.54, 1.807) is 24.3 Å². The number of furan rings is 1. The van der Waals surface area contributed by atoms with Crippen molar-refractivity contribution in [2.24, 2.45) is 5.10 Å². The summed E-state index contributed by atoms with van der Waals surface area (Å²) < 4.78 is 5.66. The molecule has 0 fully saturated rings. The molecule has 25 heavy (non-hydrogen) atoms. The van der Waals surface area contributed by atoms with E-state index >= 15 is 0 Å². The average molecular weight is 329 g/mol. The minimum absolute atomic E-state index is 0.205. The Morgan fingerprint density at radius 1 is 1.08 bits per heavy atom. The molecule has 1 N–H and O–H groups in total. The Morgan fingerprint density at radius 3 is 2.64 bits per heavy atom. The first-order chi connectivity index (χ1) is 12.3. The molecule has 2 aromatic carbocycles. The lowest BCUT2D eigenvalue weighted by atomic mass is 10.1.